The van der Waals surface area contributed by atoms with Crippen molar-refractivity contribution < 1.29 is 9.53 Å². The van der Waals surface area contributed by atoms with Gasteiger partial charge >= 0.3 is 0 Å². The van der Waals surface area contributed by atoms with E-state index in [0.29, 0.717) is 18.2 Å². The number of rotatable bonds is 6. The lowest BCUT2D eigenvalue weighted by molar-refractivity contribution is 0.0244. The SMILES string of the molecule is CC[C@@H]1CN(c2ccc3c4c(cccc24)CC3)CCN1CC[C@@H]1OCCc2cc(C(N)=O)ccc21. The largest absolute Gasteiger partial charge is 0.373 e. The van der Waals surface area contributed by atoms with E-state index in [2.05, 4.69) is 47.1 Å². The van der Waals surface area contributed by atoms with Gasteiger partial charge in [0.1, 0.15) is 0 Å². The Morgan fingerprint density at radius 2 is 1.89 bits per heavy atom. The van der Waals surface area contributed by atoms with Crippen LogP contribution in [0.25, 0.3) is 10.8 Å². The molecule has 3 aromatic carbocycles. The molecule has 1 fully saturated rings. The molecule has 35 heavy (non-hydrogen) atoms. The third kappa shape index (κ3) is 4.11. The van der Waals surface area contributed by atoms with Crippen molar-refractivity contribution in [1.82, 2.24) is 4.90 Å². The number of benzene rings is 3. The van der Waals surface area contributed by atoms with Crippen LogP contribution in [-0.2, 0) is 24.0 Å². The molecule has 0 unspecified atom stereocenters. The number of nitrogens with zero attached hydrogens (tertiary/aromatic N) is 2. The highest BCUT2D eigenvalue weighted by molar-refractivity contribution is 5.99. The number of fused-ring (bicyclic) bond motifs is 1. The van der Waals surface area contributed by atoms with Crippen molar-refractivity contribution in [3.63, 3.8) is 0 Å². The highest BCUT2D eigenvalue weighted by Crippen LogP contribution is 2.38. The van der Waals surface area contributed by atoms with Crippen LogP contribution < -0.4 is 10.6 Å². The van der Waals surface area contributed by atoms with E-state index in [9.17, 15) is 4.79 Å². The molecule has 2 aliphatic heterocycles. The second kappa shape index (κ2) is 9.29. The number of amides is 1. The van der Waals surface area contributed by atoms with E-state index in [1.165, 1.54) is 51.6 Å². The zero-order valence-corrected chi connectivity index (χ0v) is 20.6. The molecule has 0 bridgehead atoms. The molecule has 6 rings (SSSR count). The normalized spacial score (nSPS) is 21.9. The van der Waals surface area contributed by atoms with Gasteiger partial charge in [-0.3, -0.25) is 9.69 Å². The lowest BCUT2D eigenvalue weighted by atomic mass is 9.93. The van der Waals surface area contributed by atoms with Crippen LogP contribution in [0.15, 0.2) is 48.5 Å². The van der Waals surface area contributed by atoms with Crippen molar-refractivity contribution in [1.29, 1.82) is 0 Å². The number of hydrogen-bond donors (Lipinski definition) is 1. The van der Waals surface area contributed by atoms with Crippen LogP contribution in [0.1, 0.15) is 58.5 Å². The van der Waals surface area contributed by atoms with Crippen molar-refractivity contribution in [2.75, 3.05) is 37.7 Å². The predicted molar refractivity (Wildman–Crippen MR) is 141 cm³/mol. The average Bonchev–Trinajstić information content (AvgIpc) is 3.32. The van der Waals surface area contributed by atoms with Crippen LogP contribution in [-0.4, -0.2) is 49.6 Å². The molecule has 1 amide bonds. The van der Waals surface area contributed by atoms with E-state index in [4.69, 9.17) is 10.5 Å². The Balaban J connectivity index is 1.15. The molecule has 2 heterocycles. The van der Waals surface area contributed by atoms with Gasteiger partial charge in [-0.25, -0.2) is 0 Å². The van der Waals surface area contributed by atoms with Gasteiger partial charge in [0.15, 0.2) is 0 Å². The van der Waals surface area contributed by atoms with E-state index in [1.54, 1.807) is 0 Å². The third-order valence-corrected chi connectivity index (χ3v) is 8.41. The summed E-state index contributed by atoms with van der Waals surface area (Å²) in [4.78, 5) is 16.9. The highest BCUT2D eigenvalue weighted by atomic mass is 16.5. The minimum Gasteiger partial charge on any atom is -0.373 e. The summed E-state index contributed by atoms with van der Waals surface area (Å²) in [6.07, 6.45) is 5.41. The first-order valence-corrected chi connectivity index (χ1v) is 13.2. The first kappa shape index (κ1) is 22.6. The topological polar surface area (TPSA) is 58.8 Å². The second-order valence-electron chi connectivity index (χ2n) is 10.3. The lowest BCUT2D eigenvalue weighted by Gasteiger charge is -2.43. The minimum atomic E-state index is -0.361. The molecule has 3 aliphatic rings. The summed E-state index contributed by atoms with van der Waals surface area (Å²) in [5.41, 5.74) is 12.9. The van der Waals surface area contributed by atoms with Crippen LogP contribution >= 0.6 is 0 Å². The van der Waals surface area contributed by atoms with Gasteiger partial charge in [-0.05, 0) is 77.9 Å². The first-order valence-electron chi connectivity index (χ1n) is 13.2. The first-order chi connectivity index (χ1) is 17.1. The number of anilines is 1. The van der Waals surface area contributed by atoms with Gasteiger partial charge in [-0.2, -0.15) is 0 Å². The molecule has 5 nitrogen and oxygen atoms in total. The van der Waals surface area contributed by atoms with Crippen LogP contribution in [0.5, 0.6) is 0 Å². The van der Waals surface area contributed by atoms with Crippen molar-refractivity contribution in [2.45, 2.75) is 51.2 Å². The zero-order chi connectivity index (χ0) is 23.9. The summed E-state index contributed by atoms with van der Waals surface area (Å²) in [6.45, 7) is 7.24. The van der Waals surface area contributed by atoms with E-state index >= 15 is 0 Å². The predicted octanol–water partition coefficient (Wildman–Crippen LogP) is 4.64. The number of ether oxygens (including phenoxy) is 1. The Hall–Kier alpha value is -2.89. The van der Waals surface area contributed by atoms with E-state index in [0.717, 1.165) is 45.4 Å². The van der Waals surface area contributed by atoms with Crippen LogP contribution in [0.3, 0.4) is 0 Å². The van der Waals surface area contributed by atoms with Crippen molar-refractivity contribution >= 4 is 22.4 Å². The molecular weight excluding hydrogens is 434 g/mol. The lowest BCUT2D eigenvalue weighted by Crippen LogP contribution is -2.53. The molecular formula is C30H35N3O2. The average molecular weight is 470 g/mol. The summed E-state index contributed by atoms with van der Waals surface area (Å²) in [5.74, 6) is -0.361. The fraction of sp³-hybridized carbons (Fsp3) is 0.433. The molecule has 0 spiro atoms. The Bertz CT molecular complexity index is 1260. The highest BCUT2D eigenvalue weighted by Gasteiger charge is 2.29. The van der Waals surface area contributed by atoms with Gasteiger partial charge in [0.25, 0.3) is 0 Å². The summed E-state index contributed by atoms with van der Waals surface area (Å²) in [7, 11) is 0. The molecule has 3 aromatic rings. The molecule has 5 heteroatoms. The van der Waals surface area contributed by atoms with Crippen LogP contribution in [0.4, 0.5) is 5.69 Å². The van der Waals surface area contributed by atoms with E-state index in [1.807, 2.05) is 18.2 Å². The van der Waals surface area contributed by atoms with Crippen molar-refractivity contribution in [3.05, 3.63) is 76.3 Å². The van der Waals surface area contributed by atoms with Gasteiger partial charge in [0, 0.05) is 48.9 Å². The molecule has 0 aromatic heterocycles. The Kier molecular flexibility index (Phi) is 5.99. The van der Waals surface area contributed by atoms with Gasteiger partial charge in [0.2, 0.25) is 5.91 Å². The smallest absolute Gasteiger partial charge is 0.248 e. The number of carbonyl (C=O) groups excluding carboxylic acids is 1. The number of hydrogen-bond acceptors (Lipinski definition) is 4. The van der Waals surface area contributed by atoms with Gasteiger partial charge in [-0.1, -0.05) is 37.3 Å². The van der Waals surface area contributed by atoms with Gasteiger partial charge in [-0.15, -0.1) is 0 Å². The molecule has 1 saturated heterocycles. The summed E-state index contributed by atoms with van der Waals surface area (Å²) in [6, 6.07) is 18.0. The maximum atomic E-state index is 11.6. The minimum absolute atomic E-state index is 0.0905. The Morgan fingerprint density at radius 1 is 1.03 bits per heavy atom. The molecule has 182 valence electrons. The Labute approximate surface area is 207 Å². The molecule has 0 saturated carbocycles. The number of carbonyl (C=O) groups is 1. The van der Waals surface area contributed by atoms with Gasteiger partial charge < -0.3 is 15.4 Å². The molecule has 0 radical (unpaired) electrons. The van der Waals surface area contributed by atoms with E-state index < -0.39 is 0 Å². The maximum absolute atomic E-state index is 11.6. The van der Waals surface area contributed by atoms with Crippen LogP contribution in [0.2, 0.25) is 0 Å². The number of nitrogens with two attached hydrogens (primary N) is 1. The summed E-state index contributed by atoms with van der Waals surface area (Å²) in [5, 5.41) is 2.94. The fourth-order valence-corrected chi connectivity index (χ4v) is 6.51. The fourth-order valence-electron chi connectivity index (χ4n) is 6.51. The maximum Gasteiger partial charge on any atom is 0.248 e. The van der Waals surface area contributed by atoms with E-state index in [-0.39, 0.29) is 12.0 Å². The van der Waals surface area contributed by atoms with Gasteiger partial charge in [0.05, 0.1) is 12.7 Å². The Morgan fingerprint density at radius 3 is 2.71 bits per heavy atom. The molecule has 2 N–H and O–H groups in total. The standard InChI is InChI=1S/C30H35N3O2/c1-2-24-19-33(27-11-9-21-7-6-20-4-3-5-26(27)29(20)21)16-15-32(24)14-12-28-25-10-8-23(30(31)34)18-22(25)13-17-35-28/h3-5,8-11,18,24,28H,2,6-7,12-17,19H2,1H3,(H2,31,34)/t24-,28+/m1/s1. The number of primary amides is 1. The zero-order valence-electron chi connectivity index (χ0n) is 20.6. The third-order valence-electron chi connectivity index (χ3n) is 8.41. The number of piperazine rings is 1. The second-order valence-corrected chi connectivity index (χ2v) is 10.3. The molecule has 2 atom stereocenters. The van der Waals surface area contributed by atoms with Crippen molar-refractivity contribution in [2.24, 2.45) is 5.73 Å². The summed E-state index contributed by atoms with van der Waals surface area (Å²) < 4.78 is 6.18. The summed E-state index contributed by atoms with van der Waals surface area (Å²) >= 11 is 0. The van der Waals surface area contributed by atoms with Crippen molar-refractivity contribution in [3.8, 4) is 0 Å². The molecule has 1 aliphatic carbocycles. The monoisotopic (exact) mass is 469 g/mol. The number of aryl methyl sites for hydroxylation is 2. The quantitative estimate of drug-likeness (QED) is 0.571. The van der Waals surface area contributed by atoms with Crippen LogP contribution in [0, 0.1) is 0 Å².